The molecule has 0 N–H and O–H groups in total. The van der Waals surface area contributed by atoms with Crippen LogP contribution in [0.2, 0.25) is 0 Å². The molecule has 0 saturated carbocycles. The second kappa shape index (κ2) is 3.92. The third kappa shape index (κ3) is 1.53. The SMILES string of the molecule is O=C([O-])[C@H]1[C@@H]2C=C[C@]3(CN(c4ccc(F)cc4)C(=O)[C@@H]13)O2. The highest BCUT2D eigenvalue weighted by Gasteiger charge is 2.65. The van der Waals surface area contributed by atoms with E-state index in [4.69, 9.17) is 4.74 Å². The van der Waals surface area contributed by atoms with Crippen LogP contribution in [0.4, 0.5) is 10.1 Å². The van der Waals surface area contributed by atoms with Gasteiger partial charge in [-0.1, -0.05) is 12.2 Å². The van der Waals surface area contributed by atoms with Gasteiger partial charge in [-0.3, -0.25) is 4.79 Å². The number of benzene rings is 1. The normalized spacial score (nSPS) is 36.3. The Hall–Kier alpha value is -2.21. The first-order valence-corrected chi connectivity index (χ1v) is 6.67. The van der Waals surface area contributed by atoms with Crippen molar-refractivity contribution in [1.82, 2.24) is 0 Å². The Bertz CT molecular complexity index is 671. The number of rotatable bonds is 2. The highest BCUT2D eigenvalue weighted by molar-refractivity contribution is 6.02. The second-order valence-electron chi connectivity index (χ2n) is 5.62. The largest absolute Gasteiger partial charge is 0.550 e. The van der Waals surface area contributed by atoms with Crippen LogP contribution in [0.3, 0.4) is 0 Å². The molecule has 1 spiro atoms. The number of aliphatic carboxylic acids is 1. The molecular formula is C15H11FNO4-. The molecule has 2 fully saturated rings. The summed E-state index contributed by atoms with van der Waals surface area (Å²) in [5.41, 5.74) is -0.372. The third-order valence-electron chi connectivity index (χ3n) is 4.51. The van der Waals surface area contributed by atoms with E-state index in [0.717, 1.165) is 0 Å². The smallest absolute Gasteiger partial charge is 0.234 e. The van der Waals surface area contributed by atoms with E-state index in [2.05, 4.69) is 0 Å². The molecule has 3 aliphatic rings. The summed E-state index contributed by atoms with van der Waals surface area (Å²) in [7, 11) is 0. The molecule has 1 amide bonds. The minimum Gasteiger partial charge on any atom is -0.550 e. The van der Waals surface area contributed by atoms with E-state index in [1.165, 1.54) is 29.2 Å². The van der Waals surface area contributed by atoms with Crippen molar-refractivity contribution in [3.05, 3.63) is 42.2 Å². The van der Waals surface area contributed by atoms with E-state index in [1.807, 2.05) is 0 Å². The Labute approximate surface area is 119 Å². The van der Waals surface area contributed by atoms with Crippen molar-refractivity contribution in [2.24, 2.45) is 11.8 Å². The van der Waals surface area contributed by atoms with Crippen molar-refractivity contribution < 1.29 is 23.8 Å². The predicted molar refractivity (Wildman–Crippen MR) is 67.5 cm³/mol. The number of fused-ring (bicyclic) bond motifs is 1. The van der Waals surface area contributed by atoms with Crippen LogP contribution in [0.15, 0.2) is 36.4 Å². The van der Waals surface area contributed by atoms with E-state index in [-0.39, 0.29) is 12.5 Å². The van der Waals surface area contributed by atoms with Crippen LogP contribution in [-0.4, -0.2) is 30.1 Å². The zero-order valence-electron chi connectivity index (χ0n) is 10.9. The van der Waals surface area contributed by atoms with Gasteiger partial charge in [-0.15, -0.1) is 0 Å². The number of carboxylic acid groups (broad SMARTS) is 1. The number of hydrogen-bond acceptors (Lipinski definition) is 4. The van der Waals surface area contributed by atoms with Crippen molar-refractivity contribution in [2.45, 2.75) is 11.7 Å². The molecule has 2 saturated heterocycles. The number of nitrogens with zero attached hydrogens (tertiary/aromatic N) is 1. The first kappa shape index (κ1) is 12.5. The summed E-state index contributed by atoms with van der Waals surface area (Å²) < 4.78 is 18.7. The van der Waals surface area contributed by atoms with Gasteiger partial charge in [0.25, 0.3) is 0 Å². The van der Waals surface area contributed by atoms with Gasteiger partial charge < -0.3 is 19.5 Å². The molecule has 1 aromatic carbocycles. The van der Waals surface area contributed by atoms with Gasteiger partial charge in [0, 0.05) is 17.6 Å². The minimum absolute atomic E-state index is 0.235. The number of amides is 1. The van der Waals surface area contributed by atoms with E-state index < -0.39 is 35.3 Å². The average molecular weight is 288 g/mol. The average Bonchev–Trinajstić information content (AvgIpc) is 3.08. The van der Waals surface area contributed by atoms with Crippen molar-refractivity contribution in [3.63, 3.8) is 0 Å². The molecular weight excluding hydrogens is 277 g/mol. The fourth-order valence-electron chi connectivity index (χ4n) is 3.61. The Morgan fingerprint density at radius 2 is 2.10 bits per heavy atom. The van der Waals surface area contributed by atoms with Crippen LogP contribution in [-0.2, 0) is 14.3 Å². The fraction of sp³-hybridized carbons (Fsp3) is 0.333. The number of carboxylic acids is 1. The van der Waals surface area contributed by atoms with Crippen LogP contribution in [0.1, 0.15) is 0 Å². The van der Waals surface area contributed by atoms with Crippen molar-refractivity contribution in [1.29, 1.82) is 0 Å². The molecule has 5 nitrogen and oxygen atoms in total. The van der Waals surface area contributed by atoms with E-state index in [1.54, 1.807) is 12.2 Å². The Kier molecular flexibility index (Phi) is 2.34. The molecule has 6 heteroatoms. The van der Waals surface area contributed by atoms with Crippen molar-refractivity contribution in [3.8, 4) is 0 Å². The van der Waals surface area contributed by atoms with Gasteiger partial charge >= 0.3 is 0 Å². The molecule has 1 aromatic rings. The summed E-state index contributed by atoms with van der Waals surface area (Å²) in [6.45, 7) is 0.235. The minimum atomic E-state index is -1.27. The number of carbonyl (C=O) groups is 2. The zero-order chi connectivity index (χ0) is 14.8. The standard InChI is InChI=1S/C15H12FNO4/c16-8-1-3-9(4-2-8)17-7-15-6-5-10(21-15)11(14(19)20)12(15)13(17)18/h1-6,10-12H,7H2,(H,19,20)/p-1/t10-,11-,12+,15+/m0/s1. The van der Waals surface area contributed by atoms with Crippen LogP contribution >= 0.6 is 0 Å². The summed E-state index contributed by atoms with van der Waals surface area (Å²) >= 11 is 0. The third-order valence-corrected chi connectivity index (χ3v) is 4.51. The number of hydrogen-bond donors (Lipinski definition) is 0. The number of carbonyl (C=O) groups excluding carboxylic acids is 2. The summed E-state index contributed by atoms with van der Waals surface area (Å²) in [4.78, 5) is 25.4. The van der Waals surface area contributed by atoms with Crippen LogP contribution in [0, 0.1) is 17.7 Å². The highest BCUT2D eigenvalue weighted by Crippen LogP contribution is 2.52. The van der Waals surface area contributed by atoms with Gasteiger partial charge in [-0.05, 0) is 24.3 Å². The number of ether oxygens (including phenoxy) is 1. The van der Waals surface area contributed by atoms with Crippen LogP contribution in [0.5, 0.6) is 0 Å². The topological polar surface area (TPSA) is 69.7 Å². The quantitative estimate of drug-likeness (QED) is 0.710. The number of halogens is 1. The molecule has 21 heavy (non-hydrogen) atoms. The highest BCUT2D eigenvalue weighted by atomic mass is 19.1. The molecule has 0 radical (unpaired) electrons. The van der Waals surface area contributed by atoms with Crippen molar-refractivity contribution >= 4 is 17.6 Å². The first-order valence-electron chi connectivity index (χ1n) is 6.67. The van der Waals surface area contributed by atoms with E-state index >= 15 is 0 Å². The molecule has 3 aliphatic heterocycles. The molecule has 4 rings (SSSR count). The molecule has 3 heterocycles. The van der Waals surface area contributed by atoms with Gasteiger partial charge in [0.15, 0.2) is 0 Å². The zero-order valence-corrected chi connectivity index (χ0v) is 10.9. The molecule has 0 unspecified atom stereocenters. The fourth-order valence-corrected chi connectivity index (χ4v) is 3.61. The molecule has 2 bridgehead atoms. The lowest BCUT2D eigenvalue weighted by Crippen LogP contribution is -2.45. The van der Waals surface area contributed by atoms with Gasteiger partial charge in [0.2, 0.25) is 5.91 Å². The molecule has 0 aromatic heterocycles. The molecule has 108 valence electrons. The lowest BCUT2D eigenvalue weighted by atomic mass is 9.77. The second-order valence-corrected chi connectivity index (χ2v) is 5.62. The summed E-state index contributed by atoms with van der Waals surface area (Å²) in [6, 6.07) is 5.52. The lowest BCUT2D eigenvalue weighted by Gasteiger charge is -2.24. The first-order chi connectivity index (χ1) is 10.0. The van der Waals surface area contributed by atoms with Crippen LogP contribution in [0.25, 0.3) is 0 Å². The number of anilines is 1. The van der Waals surface area contributed by atoms with Gasteiger partial charge in [0.05, 0.1) is 18.6 Å². The molecule has 0 aliphatic carbocycles. The van der Waals surface area contributed by atoms with E-state index in [9.17, 15) is 19.1 Å². The van der Waals surface area contributed by atoms with E-state index in [0.29, 0.717) is 5.69 Å². The van der Waals surface area contributed by atoms with Crippen molar-refractivity contribution in [2.75, 3.05) is 11.4 Å². The van der Waals surface area contributed by atoms with Crippen LogP contribution < -0.4 is 10.0 Å². The Balaban J connectivity index is 1.73. The van der Waals surface area contributed by atoms with Gasteiger partial charge in [0.1, 0.15) is 11.4 Å². The maximum absolute atomic E-state index is 13.0. The molecule has 4 atom stereocenters. The summed E-state index contributed by atoms with van der Waals surface area (Å²) in [5, 5.41) is 11.3. The monoisotopic (exact) mass is 288 g/mol. The van der Waals surface area contributed by atoms with Gasteiger partial charge in [-0.25, -0.2) is 4.39 Å². The lowest BCUT2D eigenvalue weighted by molar-refractivity contribution is -0.313. The summed E-state index contributed by atoms with van der Waals surface area (Å²) in [6.07, 6.45) is 2.85. The Morgan fingerprint density at radius 1 is 1.38 bits per heavy atom. The van der Waals surface area contributed by atoms with Gasteiger partial charge in [-0.2, -0.15) is 0 Å². The predicted octanol–water partition coefficient (Wildman–Crippen LogP) is -0.138. The maximum Gasteiger partial charge on any atom is 0.234 e. The Morgan fingerprint density at radius 3 is 2.76 bits per heavy atom. The maximum atomic E-state index is 13.0. The summed E-state index contributed by atoms with van der Waals surface area (Å²) in [5.74, 6) is -3.72.